The third-order valence-corrected chi connectivity index (χ3v) is 5.05. The minimum atomic E-state index is -0.409. The molecule has 1 aliphatic heterocycles. The average molecular weight is 367 g/mol. The Morgan fingerprint density at radius 1 is 1.08 bits per heavy atom. The number of rotatable bonds is 3. The average Bonchev–Trinajstić information content (AvgIpc) is 2.90. The van der Waals surface area contributed by atoms with Crippen LogP contribution in [-0.2, 0) is 6.54 Å². The number of aromatic nitrogens is 2. The number of hydrogen-bond acceptors (Lipinski definition) is 3. The molecule has 0 spiro atoms. The second kappa shape index (κ2) is 6.50. The van der Waals surface area contributed by atoms with Crippen LogP contribution in [0.15, 0.2) is 48.5 Å². The standard InChI is InChI=1S/C20H19ClN4O/c1-12-7-6-10-15-17(12)22-19(23-20(15)26)16-13(2)24-25(18(16)21)11-14-8-4-3-5-9-14/h3-10,19,22H,11H2,1-2H3,(H,23,26). The normalized spacial score (nSPS) is 16.0. The number of hydrogen-bond donors (Lipinski definition) is 2. The minimum absolute atomic E-state index is 0.112. The van der Waals surface area contributed by atoms with Crippen LogP contribution in [0.5, 0.6) is 0 Å². The summed E-state index contributed by atoms with van der Waals surface area (Å²) in [6.45, 7) is 4.47. The van der Waals surface area contributed by atoms with Crippen molar-refractivity contribution in [2.75, 3.05) is 5.32 Å². The number of fused-ring (bicyclic) bond motifs is 1. The third kappa shape index (κ3) is 2.84. The Labute approximate surface area is 157 Å². The summed E-state index contributed by atoms with van der Waals surface area (Å²) < 4.78 is 1.77. The fraction of sp³-hybridized carbons (Fsp3) is 0.200. The van der Waals surface area contributed by atoms with E-state index < -0.39 is 6.17 Å². The van der Waals surface area contributed by atoms with Crippen molar-refractivity contribution in [3.05, 3.63) is 81.6 Å². The number of carbonyl (C=O) groups is 1. The number of carbonyl (C=O) groups excluding carboxylic acids is 1. The molecule has 1 amide bonds. The smallest absolute Gasteiger partial charge is 0.255 e. The van der Waals surface area contributed by atoms with E-state index in [2.05, 4.69) is 15.7 Å². The highest BCUT2D eigenvalue weighted by Gasteiger charge is 2.30. The zero-order valence-electron chi connectivity index (χ0n) is 14.6. The van der Waals surface area contributed by atoms with Gasteiger partial charge in [0, 0.05) is 0 Å². The van der Waals surface area contributed by atoms with E-state index in [1.165, 1.54) is 0 Å². The number of para-hydroxylation sites is 1. The summed E-state index contributed by atoms with van der Waals surface area (Å²) in [5, 5.41) is 11.5. The highest BCUT2D eigenvalue weighted by Crippen LogP contribution is 2.33. The molecule has 2 aromatic carbocycles. The van der Waals surface area contributed by atoms with Crippen LogP contribution >= 0.6 is 11.6 Å². The summed E-state index contributed by atoms with van der Waals surface area (Å²) in [5.74, 6) is -0.112. The number of nitrogens with zero attached hydrogens (tertiary/aromatic N) is 2. The lowest BCUT2D eigenvalue weighted by Crippen LogP contribution is -2.39. The second-order valence-electron chi connectivity index (χ2n) is 6.48. The third-order valence-electron chi connectivity index (χ3n) is 4.65. The maximum absolute atomic E-state index is 12.5. The predicted octanol–water partition coefficient (Wildman–Crippen LogP) is 4.06. The van der Waals surface area contributed by atoms with E-state index in [9.17, 15) is 4.79 Å². The zero-order chi connectivity index (χ0) is 18.3. The highest BCUT2D eigenvalue weighted by atomic mass is 35.5. The molecular weight excluding hydrogens is 348 g/mol. The van der Waals surface area contributed by atoms with E-state index in [4.69, 9.17) is 11.6 Å². The summed E-state index contributed by atoms with van der Waals surface area (Å²) in [6, 6.07) is 15.7. The van der Waals surface area contributed by atoms with E-state index in [1.807, 2.05) is 62.4 Å². The number of amides is 1. The number of aryl methyl sites for hydroxylation is 2. The first kappa shape index (κ1) is 16.7. The molecule has 1 unspecified atom stereocenters. The van der Waals surface area contributed by atoms with Crippen molar-refractivity contribution in [2.45, 2.75) is 26.6 Å². The molecule has 3 aromatic rings. The predicted molar refractivity (Wildman–Crippen MR) is 103 cm³/mol. The van der Waals surface area contributed by atoms with Crippen LogP contribution in [0.3, 0.4) is 0 Å². The molecule has 0 fully saturated rings. The largest absolute Gasteiger partial charge is 0.361 e. The van der Waals surface area contributed by atoms with Gasteiger partial charge in [-0.3, -0.25) is 4.79 Å². The summed E-state index contributed by atoms with van der Waals surface area (Å²) in [5.41, 5.74) is 5.21. The van der Waals surface area contributed by atoms with Gasteiger partial charge < -0.3 is 10.6 Å². The van der Waals surface area contributed by atoms with Gasteiger partial charge >= 0.3 is 0 Å². The van der Waals surface area contributed by atoms with Crippen LogP contribution < -0.4 is 10.6 Å². The maximum atomic E-state index is 12.5. The lowest BCUT2D eigenvalue weighted by atomic mass is 10.0. The summed E-state index contributed by atoms with van der Waals surface area (Å²) in [7, 11) is 0. The van der Waals surface area contributed by atoms with E-state index in [0.29, 0.717) is 17.3 Å². The summed E-state index contributed by atoms with van der Waals surface area (Å²) in [4.78, 5) is 12.5. The molecule has 6 heteroatoms. The fourth-order valence-corrected chi connectivity index (χ4v) is 3.68. The van der Waals surface area contributed by atoms with Gasteiger partial charge in [-0.25, -0.2) is 4.68 Å². The lowest BCUT2D eigenvalue weighted by Gasteiger charge is -2.29. The molecule has 1 aliphatic rings. The monoisotopic (exact) mass is 366 g/mol. The molecule has 0 bridgehead atoms. The van der Waals surface area contributed by atoms with E-state index >= 15 is 0 Å². The van der Waals surface area contributed by atoms with Crippen LogP contribution in [0.25, 0.3) is 0 Å². The lowest BCUT2D eigenvalue weighted by molar-refractivity contribution is 0.0935. The van der Waals surface area contributed by atoms with Gasteiger partial charge in [-0.2, -0.15) is 5.10 Å². The topological polar surface area (TPSA) is 59.0 Å². The highest BCUT2D eigenvalue weighted by molar-refractivity contribution is 6.30. The second-order valence-corrected chi connectivity index (χ2v) is 6.84. The SMILES string of the molecule is Cc1cccc2c1NC(c1c(C)nn(Cc3ccccc3)c1Cl)NC2=O. The van der Waals surface area contributed by atoms with E-state index in [-0.39, 0.29) is 5.91 Å². The molecule has 26 heavy (non-hydrogen) atoms. The first-order valence-corrected chi connectivity index (χ1v) is 8.86. The zero-order valence-corrected chi connectivity index (χ0v) is 15.3. The van der Waals surface area contributed by atoms with Crippen LogP contribution in [0.2, 0.25) is 5.15 Å². The molecule has 4 rings (SSSR count). The van der Waals surface area contributed by atoms with Gasteiger partial charge in [0.25, 0.3) is 5.91 Å². The van der Waals surface area contributed by atoms with Crippen LogP contribution in [0, 0.1) is 13.8 Å². The number of halogens is 1. The first-order valence-electron chi connectivity index (χ1n) is 8.48. The minimum Gasteiger partial charge on any atom is -0.361 e. The van der Waals surface area contributed by atoms with Gasteiger partial charge in [0.05, 0.1) is 29.1 Å². The molecule has 0 radical (unpaired) electrons. The molecule has 2 heterocycles. The Morgan fingerprint density at radius 3 is 2.62 bits per heavy atom. The van der Waals surface area contributed by atoms with Crippen molar-refractivity contribution in [3.8, 4) is 0 Å². The Bertz CT molecular complexity index is 981. The van der Waals surface area contributed by atoms with Gasteiger partial charge in [0.15, 0.2) is 0 Å². The maximum Gasteiger partial charge on any atom is 0.255 e. The Hall–Kier alpha value is -2.79. The van der Waals surface area contributed by atoms with Crippen LogP contribution in [0.1, 0.15) is 38.9 Å². The molecule has 0 saturated heterocycles. The van der Waals surface area contributed by atoms with E-state index in [1.54, 1.807) is 4.68 Å². The number of benzene rings is 2. The molecule has 1 atom stereocenters. The molecule has 132 valence electrons. The molecule has 2 N–H and O–H groups in total. The van der Waals surface area contributed by atoms with Crippen LogP contribution in [-0.4, -0.2) is 15.7 Å². The van der Waals surface area contributed by atoms with Crippen LogP contribution in [0.4, 0.5) is 5.69 Å². The quantitative estimate of drug-likeness (QED) is 0.735. The first-order chi connectivity index (χ1) is 12.5. The van der Waals surface area contributed by atoms with Crippen molar-refractivity contribution in [2.24, 2.45) is 0 Å². The fourth-order valence-electron chi connectivity index (χ4n) is 3.34. The van der Waals surface area contributed by atoms with Crippen molar-refractivity contribution in [1.82, 2.24) is 15.1 Å². The molecule has 5 nitrogen and oxygen atoms in total. The van der Waals surface area contributed by atoms with Gasteiger partial charge in [0.1, 0.15) is 11.3 Å². The van der Waals surface area contributed by atoms with Gasteiger partial charge in [-0.1, -0.05) is 54.1 Å². The van der Waals surface area contributed by atoms with Gasteiger partial charge in [-0.15, -0.1) is 0 Å². The Morgan fingerprint density at radius 2 is 1.85 bits per heavy atom. The molecule has 0 aliphatic carbocycles. The molecule has 1 aromatic heterocycles. The van der Waals surface area contributed by atoms with Gasteiger partial charge in [0.2, 0.25) is 0 Å². The van der Waals surface area contributed by atoms with Crippen molar-refractivity contribution < 1.29 is 4.79 Å². The van der Waals surface area contributed by atoms with Crippen molar-refractivity contribution in [3.63, 3.8) is 0 Å². The van der Waals surface area contributed by atoms with Crippen molar-refractivity contribution >= 4 is 23.2 Å². The van der Waals surface area contributed by atoms with E-state index in [0.717, 1.165) is 28.1 Å². The number of anilines is 1. The summed E-state index contributed by atoms with van der Waals surface area (Å²) >= 11 is 6.64. The Kier molecular flexibility index (Phi) is 4.17. The molecule has 0 saturated carbocycles. The van der Waals surface area contributed by atoms with Gasteiger partial charge in [-0.05, 0) is 31.0 Å². The Balaban J connectivity index is 1.69. The summed E-state index contributed by atoms with van der Waals surface area (Å²) in [6.07, 6.45) is -0.409. The molecular formula is C20H19ClN4O. The van der Waals surface area contributed by atoms with Crippen molar-refractivity contribution in [1.29, 1.82) is 0 Å². The number of nitrogens with one attached hydrogen (secondary N) is 2.